The summed E-state index contributed by atoms with van der Waals surface area (Å²) < 4.78 is 0. The van der Waals surface area contributed by atoms with E-state index in [2.05, 4.69) is 10.6 Å². The van der Waals surface area contributed by atoms with Crippen LogP contribution in [-0.2, 0) is 0 Å². The number of likely N-dealkylation sites (tertiary alicyclic amines) is 1. The molecule has 27 heavy (non-hydrogen) atoms. The van der Waals surface area contributed by atoms with Gasteiger partial charge >= 0.3 is 0 Å². The van der Waals surface area contributed by atoms with Crippen LogP contribution < -0.4 is 10.6 Å². The van der Waals surface area contributed by atoms with Gasteiger partial charge in [0.05, 0.1) is 4.88 Å². The first kappa shape index (κ1) is 21.4. The minimum absolute atomic E-state index is 0. The first-order chi connectivity index (χ1) is 12.7. The second kappa shape index (κ2) is 10.4. The number of anilines is 1. The predicted octanol–water partition coefficient (Wildman–Crippen LogP) is 3.88. The number of piperidine rings is 1. The fourth-order valence-corrected chi connectivity index (χ4v) is 3.87. The molecular formula is C20H26ClN3O2S. The van der Waals surface area contributed by atoms with Gasteiger partial charge in [0.25, 0.3) is 11.8 Å². The maximum absolute atomic E-state index is 12.7. The summed E-state index contributed by atoms with van der Waals surface area (Å²) in [6.07, 6.45) is 3.32. The van der Waals surface area contributed by atoms with E-state index in [-0.39, 0.29) is 24.2 Å². The third kappa shape index (κ3) is 5.79. The number of carbonyl (C=O) groups excluding carboxylic acids is 2. The van der Waals surface area contributed by atoms with Crippen LogP contribution in [0.1, 0.15) is 39.3 Å². The Balaban J connectivity index is 0.00000261. The van der Waals surface area contributed by atoms with E-state index in [4.69, 9.17) is 0 Å². The second-order valence-electron chi connectivity index (χ2n) is 6.64. The van der Waals surface area contributed by atoms with E-state index >= 15 is 0 Å². The molecule has 1 saturated heterocycles. The zero-order chi connectivity index (χ0) is 18.4. The molecule has 2 amide bonds. The molecular weight excluding hydrogens is 382 g/mol. The highest BCUT2D eigenvalue weighted by molar-refractivity contribution is 7.12. The highest BCUT2D eigenvalue weighted by Crippen LogP contribution is 2.22. The van der Waals surface area contributed by atoms with Crippen molar-refractivity contribution < 1.29 is 9.59 Å². The molecule has 1 aromatic heterocycles. The average molecular weight is 408 g/mol. The summed E-state index contributed by atoms with van der Waals surface area (Å²) >= 11 is 1.41. The van der Waals surface area contributed by atoms with E-state index in [9.17, 15) is 9.59 Å². The molecule has 1 aliphatic rings. The zero-order valence-electron chi connectivity index (χ0n) is 15.4. The monoisotopic (exact) mass is 407 g/mol. The van der Waals surface area contributed by atoms with Gasteiger partial charge in [-0.05, 0) is 74.5 Å². The number of nitrogens with one attached hydrogen (secondary N) is 2. The Bertz CT molecular complexity index is 726. The summed E-state index contributed by atoms with van der Waals surface area (Å²) in [5.74, 6) is 0.664. The molecule has 1 aromatic carbocycles. The quantitative estimate of drug-likeness (QED) is 0.763. The van der Waals surface area contributed by atoms with Crippen molar-refractivity contribution in [2.45, 2.75) is 19.3 Å². The van der Waals surface area contributed by atoms with Gasteiger partial charge in [-0.25, -0.2) is 0 Å². The number of halogens is 1. The number of thiophene rings is 1. The minimum atomic E-state index is -0.122. The van der Waals surface area contributed by atoms with Gasteiger partial charge in [-0.2, -0.15) is 0 Å². The van der Waals surface area contributed by atoms with E-state index in [0.717, 1.165) is 32.5 Å². The van der Waals surface area contributed by atoms with Crippen LogP contribution in [0.25, 0.3) is 0 Å². The summed E-state index contributed by atoms with van der Waals surface area (Å²) in [5, 5.41) is 7.92. The number of benzene rings is 1. The first-order valence-corrected chi connectivity index (χ1v) is 9.94. The second-order valence-corrected chi connectivity index (χ2v) is 7.58. The van der Waals surface area contributed by atoms with E-state index in [0.29, 0.717) is 22.0 Å². The Labute approximate surface area is 170 Å². The van der Waals surface area contributed by atoms with E-state index in [1.807, 2.05) is 23.4 Å². The van der Waals surface area contributed by atoms with Gasteiger partial charge in [0.2, 0.25) is 0 Å². The summed E-state index contributed by atoms with van der Waals surface area (Å²) in [5.41, 5.74) is 1.37. The number of nitrogens with zero attached hydrogens (tertiary/aromatic N) is 1. The molecule has 1 fully saturated rings. The molecule has 1 aliphatic heterocycles. The lowest BCUT2D eigenvalue weighted by atomic mass is 9.93. The third-order valence-corrected chi connectivity index (χ3v) is 5.71. The van der Waals surface area contributed by atoms with Gasteiger partial charge in [0, 0.05) is 24.3 Å². The number of rotatable bonds is 6. The Hall–Kier alpha value is -1.89. The van der Waals surface area contributed by atoms with Crippen molar-refractivity contribution in [3.8, 4) is 0 Å². The lowest BCUT2D eigenvalue weighted by molar-refractivity contribution is 0.0687. The maximum Gasteiger partial charge on any atom is 0.265 e. The van der Waals surface area contributed by atoms with Gasteiger partial charge in [-0.3, -0.25) is 9.59 Å². The summed E-state index contributed by atoms with van der Waals surface area (Å²) in [4.78, 5) is 27.3. The van der Waals surface area contributed by atoms with Gasteiger partial charge in [-0.15, -0.1) is 23.7 Å². The molecule has 0 atom stereocenters. The average Bonchev–Trinajstić information content (AvgIpc) is 3.22. The third-order valence-electron chi connectivity index (χ3n) is 4.84. The molecule has 3 rings (SSSR count). The molecule has 7 heteroatoms. The summed E-state index contributed by atoms with van der Waals surface area (Å²) in [6.45, 7) is 2.69. The molecule has 0 saturated carbocycles. The number of hydrogen-bond donors (Lipinski definition) is 2. The van der Waals surface area contributed by atoms with Crippen molar-refractivity contribution in [2.75, 3.05) is 32.0 Å². The molecule has 5 nitrogen and oxygen atoms in total. The maximum atomic E-state index is 12.7. The van der Waals surface area contributed by atoms with E-state index in [1.165, 1.54) is 17.8 Å². The summed E-state index contributed by atoms with van der Waals surface area (Å²) in [6, 6.07) is 10.8. The molecule has 0 bridgehead atoms. The van der Waals surface area contributed by atoms with Crippen LogP contribution in [0.2, 0.25) is 0 Å². The Morgan fingerprint density at radius 1 is 1.15 bits per heavy atom. The zero-order valence-corrected chi connectivity index (χ0v) is 17.1. The van der Waals surface area contributed by atoms with Gasteiger partial charge < -0.3 is 15.5 Å². The molecule has 2 N–H and O–H groups in total. The SMILES string of the molecule is CNCCC1CCN(C(=O)c2ccc(NC(=O)c3cccs3)cc2)CC1.Cl. The largest absolute Gasteiger partial charge is 0.339 e. The van der Waals surface area contributed by atoms with Crippen LogP contribution in [0.15, 0.2) is 41.8 Å². The fourth-order valence-electron chi connectivity index (χ4n) is 3.25. The lowest BCUT2D eigenvalue weighted by Crippen LogP contribution is -2.38. The molecule has 0 aliphatic carbocycles. The Morgan fingerprint density at radius 2 is 1.85 bits per heavy atom. The number of amides is 2. The van der Waals surface area contributed by atoms with E-state index in [1.54, 1.807) is 30.3 Å². The molecule has 0 spiro atoms. The van der Waals surface area contributed by atoms with Gasteiger partial charge in [-0.1, -0.05) is 6.07 Å². The molecule has 2 heterocycles. The van der Waals surface area contributed by atoms with E-state index < -0.39 is 0 Å². The summed E-state index contributed by atoms with van der Waals surface area (Å²) in [7, 11) is 1.98. The van der Waals surface area contributed by atoms with Crippen molar-refractivity contribution in [1.29, 1.82) is 0 Å². The normalized spacial score (nSPS) is 14.5. The van der Waals surface area contributed by atoms with Crippen LogP contribution in [-0.4, -0.2) is 43.4 Å². The van der Waals surface area contributed by atoms with Crippen LogP contribution in [0.4, 0.5) is 5.69 Å². The highest BCUT2D eigenvalue weighted by atomic mass is 35.5. The number of carbonyl (C=O) groups is 2. The molecule has 0 radical (unpaired) electrons. The van der Waals surface area contributed by atoms with Crippen LogP contribution in [0.5, 0.6) is 0 Å². The molecule has 146 valence electrons. The van der Waals surface area contributed by atoms with Crippen LogP contribution >= 0.6 is 23.7 Å². The van der Waals surface area contributed by atoms with Crippen molar-refractivity contribution in [3.05, 3.63) is 52.2 Å². The Morgan fingerprint density at radius 3 is 2.44 bits per heavy atom. The fraction of sp³-hybridized carbons (Fsp3) is 0.400. The molecule has 0 unspecified atom stereocenters. The topological polar surface area (TPSA) is 61.4 Å². The van der Waals surface area contributed by atoms with Crippen molar-refractivity contribution in [1.82, 2.24) is 10.2 Å². The van der Waals surface area contributed by atoms with Crippen molar-refractivity contribution in [2.24, 2.45) is 5.92 Å². The van der Waals surface area contributed by atoms with Gasteiger partial charge in [0.1, 0.15) is 0 Å². The smallest absolute Gasteiger partial charge is 0.265 e. The van der Waals surface area contributed by atoms with Gasteiger partial charge in [0.15, 0.2) is 0 Å². The lowest BCUT2D eigenvalue weighted by Gasteiger charge is -2.32. The highest BCUT2D eigenvalue weighted by Gasteiger charge is 2.23. The molecule has 2 aromatic rings. The Kier molecular flexibility index (Phi) is 8.28. The predicted molar refractivity (Wildman–Crippen MR) is 113 cm³/mol. The number of hydrogen-bond acceptors (Lipinski definition) is 4. The minimum Gasteiger partial charge on any atom is -0.339 e. The van der Waals surface area contributed by atoms with Crippen molar-refractivity contribution in [3.63, 3.8) is 0 Å². The van der Waals surface area contributed by atoms with Crippen LogP contribution in [0.3, 0.4) is 0 Å². The standard InChI is InChI=1S/C20H25N3O2S.ClH/c1-21-11-8-15-9-12-23(13-10-15)20(25)16-4-6-17(7-5-16)22-19(24)18-3-2-14-26-18;/h2-7,14-15,21H,8-13H2,1H3,(H,22,24);1H. The van der Waals surface area contributed by atoms with Crippen molar-refractivity contribution >= 4 is 41.2 Å². The first-order valence-electron chi connectivity index (χ1n) is 9.06. The van der Waals surface area contributed by atoms with Crippen LogP contribution in [0, 0.1) is 5.92 Å².